The third-order valence-corrected chi connectivity index (χ3v) is 6.75. The van der Waals surface area contributed by atoms with Crippen LogP contribution in [0.25, 0.3) is 11.1 Å². The Kier molecular flexibility index (Phi) is 4.61. The van der Waals surface area contributed by atoms with Crippen LogP contribution in [0.1, 0.15) is 5.56 Å². The number of hydrogen-bond acceptors (Lipinski definition) is 3. The highest BCUT2D eigenvalue weighted by molar-refractivity contribution is 7.93. The lowest BCUT2D eigenvalue weighted by molar-refractivity contribution is -0.114. The van der Waals surface area contributed by atoms with Gasteiger partial charge in [0, 0.05) is 11.1 Å². The summed E-state index contributed by atoms with van der Waals surface area (Å²) in [5.74, 6) is -0.470. The largest absolute Gasteiger partial charge is 0.323 e. The van der Waals surface area contributed by atoms with Crippen molar-refractivity contribution in [2.24, 2.45) is 0 Å². The van der Waals surface area contributed by atoms with Crippen molar-refractivity contribution in [2.75, 3.05) is 16.2 Å². The molecule has 7 heteroatoms. The SMILES string of the molecule is Cc1ccc2c(c1)-c1ccccc1S(=O)(=O)N2CC(=O)Nc1ccccc1Cl. The second kappa shape index (κ2) is 6.96. The van der Waals surface area contributed by atoms with E-state index in [-0.39, 0.29) is 11.4 Å². The molecule has 0 atom stereocenters. The van der Waals surface area contributed by atoms with Gasteiger partial charge in [-0.05, 0) is 37.3 Å². The van der Waals surface area contributed by atoms with Crippen molar-refractivity contribution in [3.63, 3.8) is 0 Å². The quantitative estimate of drug-likeness (QED) is 0.690. The molecule has 5 nitrogen and oxygen atoms in total. The molecule has 0 saturated heterocycles. The van der Waals surface area contributed by atoms with E-state index < -0.39 is 15.9 Å². The summed E-state index contributed by atoms with van der Waals surface area (Å²) in [6, 6.07) is 19.2. The highest BCUT2D eigenvalue weighted by Gasteiger charge is 2.35. The Hall–Kier alpha value is -2.83. The second-order valence-electron chi connectivity index (χ2n) is 6.56. The maximum Gasteiger partial charge on any atom is 0.265 e. The average Bonchev–Trinajstić information content (AvgIpc) is 2.67. The fourth-order valence-corrected chi connectivity index (χ4v) is 5.13. The third kappa shape index (κ3) is 3.15. The van der Waals surface area contributed by atoms with Gasteiger partial charge >= 0.3 is 0 Å². The van der Waals surface area contributed by atoms with E-state index in [0.29, 0.717) is 22.0 Å². The minimum Gasteiger partial charge on any atom is -0.323 e. The van der Waals surface area contributed by atoms with Gasteiger partial charge in [0.1, 0.15) is 6.54 Å². The monoisotopic (exact) mass is 412 g/mol. The molecule has 4 rings (SSSR count). The standard InChI is InChI=1S/C21H17ClN2O3S/c1-14-10-11-19-16(12-14)15-6-2-5-9-20(15)28(26,27)24(19)13-21(25)23-18-8-4-3-7-17(18)22/h2-12H,13H2,1H3,(H,23,25). The summed E-state index contributed by atoms with van der Waals surface area (Å²) in [5, 5.41) is 3.07. The first-order chi connectivity index (χ1) is 13.4. The van der Waals surface area contributed by atoms with Crippen LogP contribution in [0.5, 0.6) is 0 Å². The Morgan fingerprint density at radius 3 is 2.50 bits per heavy atom. The van der Waals surface area contributed by atoms with Gasteiger partial charge < -0.3 is 5.32 Å². The molecule has 1 aliphatic heterocycles. The predicted molar refractivity (Wildman–Crippen MR) is 111 cm³/mol. The van der Waals surface area contributed by atoms with Gasteiger partial charge in [-0.1, -0.05) is 53.6 Å². The van der Waals surface area contributed by atoms with Crippen molar-refractivity contribution in [1.29, 1.82) is 0 Å². The van der Waals surface area contributed by atoms with Crippen molar-refractivity contribution in [1.82, 2.24) is 0 Å². The Labute approximate surface area is 168 Å². The van der Waals surface area contributed by atoms with Gasteiger partial charge in [0.25, 0.3) is 10.0 Å². The molecular weight excluding hydrogens is 396 g/mol. The number of anilines is 2. The number of benzene rings is 3. The van der Waals surface area contributed by atoms with E-state index in [1.54, 1.807) is 54.6 Å². The summed E-state index contributed by atoms with van der Waals surface area (Å²) < 4.78 is 27.6. The highest BCUT2D eigenvalue weighted by Crippen LogP contribution is 2.43. The van der Waals surface area contributed by atoms with E-state index in [4.69, 9.17) is 11.6 Å². The molecule has 1 heterocycles. The molecule has 142 valence electrons. The van der Waals surface area contributed by atoms with Gasteiger partial charge in [-0.2, -0.15) is 0 Å². The van der Waals surface area contributed by atoms with Crippen molar-refractivity contribution in [2.45, 2.75) is 11.8 Å². The van der Waals surface area contributed by atoms with E-state index in [9.17, 15) is 13.2 Å². The number of rotatable bonds is 3. The molecule has 1 aliphatic rings. The summed E-state index contributed by atoms with van der Waals surface area (Å²) in [7, 11) is -3.87. The van der Waals surface area contributed by atoms with Crippen LogP contribution >= 0.6 is 11.6 Å². The number of halogens is 1. The van der Waals surface area contributed by atoms with Crippen LogP contribution in [0.2, 0.25) is 5.02 Å². The first kappa shape index (κ1) is 18.5. The van der Waals surface area contributed by atoms with Gasteiger partial charge in [-0.25, -0.2) is 8.42 Å². The van der Waals surface area contributed by atoms with E-state index in [2.05, 4.69) is 5.32 Å². The van der Waals surface area contributed by atoms with Crippen LogP contribution in [0.4, 0.5) is 11.4 Å². The molecule has 28 heavy (non-hydrogen) atoms. The fourth-order valence-electron chi connectivity index (χ4n) is 3.30. The third-order valence-electron chi connectivity index (χ3n) is 4.60. The molecule has 3 aromatic rings. The molecule has 1 amide bonds. The number of para-hydroxylation sites is 1. The molecule has 0 saturated carbocycles. The molecule has 0 aliphatic carbocycles. The molecule has 0 spiro atoms. The number of nitrogens with zero attached hydrogens (tertiary/aromatic N) is 1. The first-order valence-electron chi connectivity index (χ1n) is 8.65. The van der Waals surface area contributed by atoms with Crippen LogP contribution in [0.15, 0.2) is 71.6 Å². The van der Waals surface area contributed by atoms with Crippen molar-refractivity contribution >= 4 is 38.9 Å². The number of fused-ring (bicyclic) bond motifs is 3. The summed E-state index contributed by atoms with van der Waals surface area (Å²) >= 11 is 6.09. The van der Waals surface area contributed by atoms with Gasteiger partial charge in [-0.15, -0.1) is 0 Å². The fraction of sp³-hybridized carbons (Fsp3) is 0.0952. The van der Waals surface area contributed by atoms with Crippen LogP contribution in [0, 0.1) is 6.92 Å². The Morgan fingerprint density at radius 2 is 1.71 bits per heavy atom. The van der Waals surface area contributed by atoms with Gasteiger partial charge in [0.2, 0.25) is 5.91 Å². The lowest BCUT2D eigenvalue weighted by Gasteiger charge is -2.31. The lowest BCUT2D eigenvalue weighted by Crippen LogP contribution is -2.40. The summed E-state index contributed by atoms with van der Waals surface area (Å²) in [5.41, 5.74) is 3.36. The topological polar surface area (TPSA) is 66.5 Å². The zero-order valence-electron chi connectivity index (χ0n) is 15.0. The van der Waals surface area contributed by atoms with E-state index in [1.165, 1.54) is 0 Å². The van der Waals surface area contributed by atoms with Gasteiger partial charge in [-0.3, -0.25) is 9.10 Å². The maximum absolute atomic E-state index is 13.2. The van der Waals surface area contributed by atoms with Crippen LogP contribution < -0.4 is 9.62 Å². The number of sulfonamides is 1. The number of amides is 1. The predicted octanol–water partition coefficient (Wildman–Crippen LogP) is 4.46. The Balaban J connectivity index is 1.75. The van der Waals surface area contributed by atoms with E-state index in [0.717, 1.165) is 15.4 Å². The molecule has 0 unspecified atom stereocenters. The van der Waals surface area contributed by atoms with E-state index in [1.807, 2.05) is 19.1 Å². The minimum absolute atomic E-state index is 0.193. The van der Waals surface area contributed by atoms with Crippen molar-refractivity contribution < 1.29 is 13.2 Å². The number of hydrogen-bond donors (Lipinski definition) is 1. The van der Waals surface area contributed by atoms with E-state index >= 15 is 0 Å². The molecule has 3 aromatic carbocycles. The second-order valence-corrected chi connectivity index (χ2v) is 8.79. The van der Waals surface area contributed by atoms with Crippen molar-refractivity contribution in [3.05, 3.63) is 77.3 Å². The molecule has 1 N–H and O–H groups in total. The van der Waals surface area contributed by atoms with Gasteiger partial charge in [0.15, 0.2) is 0 Å². The summed E-state index contributed by atoms with van der Waals surface area (Å²) in [4.78, 5) is 12.8. The molecule has 0 bridgehead atoms. The zero-order valence-corrected chi connectivity index (χ0v) is 16.6. The minimum atomic E-state index is -3.87. The smallest absolute Gasteiger partial charge is 0.265 e. The number of nitrogens with one attached hydrogen (secondary N) is 1. The number of aryl methyl sites for hydroxylation is 1. The number of carbonyl (C=O) groups excluding carboxylic acids is 1. The lowest BCUT2D eigenvalue weighted by atomic mass is 10.0. The Bertz CT molecular complexity index is 1190. The summed E-state index contributed by atoms with van der Waals surface area (Å²) in [6.07, 6.45) is 0. The first-order valence-corrected chi connectivity index (χ1v) is 10.5. The molecule has 0 aromatic heterocycles. The van der Waals surface area contributed by atoms with Crippen molar-refractivity contribution in [3.8, 4) is 11.1 Å². The van der Waals surface area contributed by atoms with Gasteiger partial charge in [0.05, 0.1) is 21.3 Å². The molecular formula is C21H17ClN2O3S. The highest BCUT2D eigenvalue weighted by atomic mass is 35.5. The number of carbonyl (C=O) groups is 1. The van der Waals surface area contributed by atoms with Crippen LogP contribution in [-0.4, -0.2) is 20.9 Å². The van der Waals surface area contributed by atoms with Crippen LogP contribution in [0.3, 0.4) is 0 Å². The Morgan fingerprint density at radius 1 is 1.00 bits per heavy atom. The molecule has 0 fully saturated rings. The zero-order chi connectivity index (χ0) is 19.9. The average molecular weight is 413 g/mol. The maximum atomic E-state index is 13.2. The summed E-state index contributed by atoms with van der Waals surface area (Å²) in [6.45, 7) is 1.60. The normalized spacial score (nSPS) is 14.1. The molecule has 0 radical (unpaired) electrons. The van der Waals surface area contributed by atoms with Crippen LogP contribution in [-0.2, 0) is 14.8 Å².